The summed E-state index contributed by atoms with van der Waals surface area (Å²) in [5, 5.41) is 10.4. The number of amides is 1. The first kappa shape index (κ1) is 22.1. The lowest BCUT2D eigenvalue weighted by Crippen LogP contribution is -2.19. The Labute approximate surface area is 178 Å². The summed E-state index contributed by atoms with van der Waals surface area (Å²) in [6.45, 7) is -0.0559. The molecule has 0 aromatic heterocycles. The maximum Gasteiger partial charge on any atom is 0.331 e. The van der Waals surface area contributed by atoms with Crippen LogP contribution in [0.3, 0.4) is 0 Å². The number of ether oxygens (including phenoxy) is 2. The van der Waals surface area contributed by atoms with E-state index < -0.39 is 35.1 Å². The molecule has 2 aromatic carbocycles. The average Bonchev–Trinajstić information content (AvgIpc) is 3.11. The van der Waals surface area contributed by atoms with Crippen LogP contribution in [-0.4, -0.2) is 30.4 Å². The third-order valence-electron chi connectivity index (χ3n) is 3.83. The molecule has 7 nitrogen and oxygen atoms in total. The van der Waals surface area contributed by atoms with Crippen molar-refractivity contribution in [3.05, 3.63) is 76.0 Å². The third kappa shape index (κ3) is 5.72. The third-order valence-corrected chi connectivity index (χ3v) is 4.73. The van der Waals surface area contributed by atoms with Gasteiger partial charge in [-0.3, -0.25) is 10.1 Å². The van der Waals surface area contributed by atoms with Gasteiger partial charge in [0.25, 0.3) is 5.91 Å². The molecule has 1 heterocycles. The smallest absolute Gasteiger partial charge is 0.331 e. The molecule has 0 bridgehead atoms. The lowest BCUT2D eigenvalue weighted by Gasteiger charge is -2.08. The molecular weight excluding hydrogens is 435 g/mol. The summed E-state index contributed by atoms with van der Waals surface area (Å²) in [7, 11) is 1.20. The second-order valence-electron chi connectivity index (χ2n) is 5.94. The second kappa shape index (κ2) is 9.94. The maximum absolute atomic E-state index is 13.6. The van der Waals surface area contributed by atoms with Gasteiger partial charge in [-0.05, 0) is 35.0 Å². The Bertz CT molecular complexity index is 1100. The fourth-order valence-electron chi connectivity index (χ4n) is 2.27. The quantitative estimate of drug-likeness (QED) is 0.240. The van der Waals surface area contributed by atoms with Crippen LogP contribution in [0.4, 0.5) is 13.2 Å². The van der Waals surface area contributed by atoms with Crippen molar-refractivity contribution in [1.82, 2.24) is 5.32 Å². The zero-order valence-electron chi connectivity index (χ0n) is 15.9. The Morgan fingerprint density at radius 2 is 1.87 bits per heavy atom. The summed E-state index contributed by atoms with van der Waals surface area (Å²) in [4.78, 5) is 23.1. The minimum Gasteiger partial charge on any atom is -0.486 e. The topological polar surface area (TPSA) is 89.3 Å². The first-order chi connectivity index (χ1) is 14.9. The number of carbonyl (C=O) groups excluding carboxylic acids is 2. The number of carbonyl (C=O) groups is 2. The van der Waals surface area contributed by atoms with Gasteiger partial charge >= 0.3 is 5.97 Å². The van der Waals surface area contributed by atoms with Gasteiger partial charge in [-0.25, -0.2) is 13.6 Å². The zero-order valence-corrected chi connectivity index (χ0v) is 16.7. The van der Waals surface area contributed by atoms with Gasteiger partial charge in [0.15, 0.2) is 22.6 Å². The van der Waals surface area contributed by atoms with Crippen molar-refractivity contribution in [2.45, 2.75) is 6.61 Å². The van der Waals surface area contributed by atoms with Crippen LogP contribution in [0.25, 0.3) is 0 Å². The number of methoxy groups -OCH3 is 1. The minimum atomic E-state index is -1.59. The number of rotatable bonds is 6. The lowest BCUT2D eigenvalue weighted by atomic mass is 10.1. The van der Waals surface area contributed by atoms with E-state index in [2.05, 4.69) is 20.3 Å². The number of nitrogens with zero attached hydrogens (tertiary/aromatic N) is 2. The first-order valence-corrected chi connectivity index (χ1v) is 9.44. The van der Waals surface area contributed by atoms with Crippen LogP contribution in [0.1, 0.15) is 11.1 Å². The molecule has 0 saturated carbocycles. The van der Waals surface area contributed by atoms with Crippen LogP contribution in [0, 0.1) is 17.5 Å². The van der Waals surface area contributed by atoms with Crippen molar-refractivity contribution in [1.29, 1.82) is 0 Å². The molecule has 0 unspecified atom stereocenters. The second-order valence-corrected chi connectivity index (χ2v) is 6.97. The summed E-state index contributed by atoms with van der Waals surface area (Å²) in [6.07, 6.45) is 2.49. The number of esters is 1. The molecule has 0 radical (unpaired) electrons. The number of halogens is 3. The van der Waals surface area contributed by atoms with Gasteiger partial charge in [0.2, 0.25) is 5.82 Å². The van der Waals surface area contributed by atoms with Gasteiger partial charge in [-0.1, -0.05) is 24.3 Å². The summed E-state index contributed by atoms with van der Waals surface area (Å²) >= 11 is 0.946. The van der Waals surface area contributed by atoms with Crippen LogP contribution >= 0.6 is 11.8 Å². The Hall–Kier alpha value is -3.60. The molecule has 1 aliphatic rings. The van der Waals surface area contributed by atoms with Gasteiger partial charge in [-0.15, -0.1) is 5.10 Å². The van der Waals surface area contributed by atoms with Crippen molar-refractivity contribution >= 4 is 35.0 Å². The van der Waals surface area contributed by atoms with Crippen LogP contribution in [0.5, 0.6) is 5.75 Å². The normalized spacial score (nSPS) is 16.2. The number of benzene rings is 2. The van der Waals surface area contributed by atoms with E-state index in [9.17, 15) is 22.8 Å². The molecule has 160 valence electrons. The van der Waals surface area contributed by atoms with Gasteiger partial charge in [0, 0.05) is 6.08 Å². The van der Waals surface area contributed by atoms with E-state index in [0.717, 1.165) is 30.0 Å². The molecule has 3 rings (SSSR count). The van der Waals surface area contributed by atoms with Gasteiger partial charge in [0.05, 0.1) is 18.2 Å². The SMILES string of the molecule is COC(=O)/C=C1/S/C(=N\N=Cc2ccc(COc3ccc(F)c(F)c3F)cc2)NC1=O. The van der Waals surface area contributed by atoms with Gasteiger partial charge in [-0.2, -0.15) is 9.49 Å². The molecule has 11 heteroatoms. The molecule has 1 N–H and O–H groups in total. The lowest BCUT2D eigenvalue weighted by molar-refractivity contribution is -0.135. The maximum atomic E-state index is 13.6. The molecule has 1 saturated heterocycles. The van der Waals surface area contributed by atoms with E-state index in [4.69, 9.17) is 4.74 Å². The van der Waals surface area contributed by atoms with Crippen LogP contribution < -0.4 is 10.1 Å². The monoisotopic (exact) mass is 449 g/mol. The molecule has 0 spiro atoms. The Kier molecular flexibility index (Phi) is 7.08. The predicted molar refractivity (Wildman–Crippen MR) is 108 cm³/mol. The predicted octanol–water partition coefficient (Wildman–Crippen LogP) is 3.29. The van der Waals surface area contributed by atoms with E-state index in [1.165, 1.54) is 13.3 Å². The van der Waals surface area contributed by atoms with Gasteiger partial charge < -0.3 is 9.47 Å². The molecule has 1 amide bonds. The minimum absolute atomic E-state index is 0.0559. The van der Waals surface area contributed by atoms with Crippen LogP contribution in [-0.2, 0) is 20.9 Å². The zero-order chi connectivity index (χ0) is 22.4. The summed E-state index contributed by atoms with van der Waals surface area (Å²) in [5.41, 5.74) is 1.33. The van der Waals surface area contributed by atoms with E-state index >= 15 is 0 Å². The molecule has 2 aromatic rings. The van der Waals surface area contributed by atoms with E-state index in [1.807, 2.05) is 0 Å². The number of nitrogens with one attached hydrogen (secondary N) is 1. The highest BCUT2D eigenvalue weighted by Crippen LogP contribution is 2.24. The number of hydrogen-bond donors (Lipinski definition) is 1. The van der Waals surface area contributed by atoms with Crippen molar-refractivity contribution < 1.29 is 32.2 Å². The highest BCUT2D eigenvalue weighted by atomic mass is 32.2. The van der Waals surface area contributed by atoms with Crippen LogP contribution in [0.2, 0.25) is 0 Å². The average molecular weight is 449 g/mol. The highest BCUT2D eigenvalue weighted by molar-refractivity contribution is 8.18. The number of thioether (sulfide) groups is 1. The van der Waals surface area contributed by atoms with Gasteiger partial charge in [0.1, 0.15) is 6.61 Å². The van der Waals surface area contributed by atoms with E-state index in [1.54, 1.807) is 24.3 Å². The Morgan fingerprint density at radius 3 is 2.58 bits per heavy atom. The summed E-state index contributed by atoms with van der Waals surface area (Å²) in [6, 6.07) is 8.53. The Morgan fingerprint density at radius 1 is 1.13 bits per heavy atom. The fraction of sp³-hybridized carbons (Fsp3) is 0.100. The van der Waals surface area contributed by atoms with Crippen molar-refractivity contribution in [2.24, 2.45) is 10.2 Å². The van der Waals surface area contributed by atoms with Crippen LogP contribution in [0.15, 0.2) is 57.6 Å². The highest BCUT2D eigenvalue weighted by Gasteiger charge is 2.25. The van der Waals surface area contributed by atoms with Crippen molar-refractivity contribution in [3.8, 4) is 5.75 Å². The standard InChI is InChI=1S/C20H14F3N3O4S/c1-29-16(27)8-15-19(28)25-20(31-15)26-24-9-11-2-4-12(5-3-11)10-30-14-7-6-13(21)17(22)18(14)23/h2-9H,10H2,1H3,(H,25,26,28)/b15-8+,24-9?. The van der Waals surface area contributed by atoms with Crippen molar-refractivity contribution in [2.75, 3.05) is 7.11 Å². The number of hydrogen-bond acceptors (Lipinski definition) is 7. The Balaban J connectivity index is 1.57. The number of amidine groups is 1. The molecular formula is C20H14F3N3O4S. The summed E-state index contributed by atoms with van der Waals surface area (Å²) < 4.78 is 49.4. The molecule has 31 heavy (non-hydrogen) atoms. The molecule has 0 atom stereocenters. The van der Waals surface area contributed by atoms with E-state index in [-0.39, 0.29) is 16.7 Å². The van der Waals surface area contributed by atoms with E-state index in [0.29, 0.717) is 11.1 Å². The molecule has 1 aliphatic heterocycles. The first-order valence-electron chi connectivity index (χ1n) is 8.62. The largest absolute Gasteiger partial charge is 0.486 e. The fourth-order valence-corrected chi connectivity index (χ4v) is 3.01. The van der Waals surface area contributed by atoms with Crippen molar-refractivity contribution in [3.63, 3.8) is 0 Å². The molecule has 0 aliphatic carbocycles. The summed E-state index contributed by atoms with van der Waals surface area (Å²) in [5.74, 6) is -5.79. The molecule has 1 fully saturated rings.